The third-order valence-corrected chi connectivity index (χ3v) is 6.90. The van der Waals surface area contributed by atoms with Crippen molar-refractivity contribution in [3.8, 4) is 0 Å². The lowest BCUT2D eigenvalue weighted by Gasteiger charge is -2.45. The first-order valence-corrected chi connectivity index (χ1v) is 12.9. The molecule has 0 fully saturated rings. The number of unbranched alkanes of at least 4 members (excludes halogenated alkanes) is 1. The van der Waals surface area contributed by atoms with Crippen molar-refractivity contribution in [3.05, 3.63) is 68.6 Å². The minimum Gasteiger partial charge on any atom is -0.290 e. The molecule has 2 aromatic rings. The van der Waals surface area contributed by atoms with Crippen molar-refractivity contribution in [2.24, 2.45) is 0 Å². The van der Waals surface area contributed by atoms with Crippen LogP contribution in [0, 0.1) is 0 Å². The van der Waals surface area contributed by atoms with Crippen LogP contribution in [0.3, 0.4) is 0 Å². The highest BCUT2D eigenvalue weighted by Crippen LogP contribution is 2.41. The van der Waals surface area contributed by atoms with E-state index in [4.69, 9.17) is 0 Å². The van der Waals surface area contributed by atoms with Gasteiger partial charge < -0.3 is 0 Å². The summed E-state index contributed by atoms with van der Waals surface area (Å²) in [5.74, 6) is 0. The molecule has 0 aliphatic rings. The Labute approximate surface area is 188 Å². The molecule has 0 N–H and O–H groups in total. The fourth-order valence-electron chi connectivity index (χ4n) is 3.98. The van der Waals surface area contributed by atoms with Crippen LogP contribution in [0.25, 0.3) is 0 Å². The van der Waals surface area contributed by atoms with Crippen LogP contribution in [-0.2, 0) is 10.1 Å². The molecule has 0 saturated heterocycles. The van der Waals surface area contributed by atoms with Crippen molar-refractivity contribution in [1.29, 1.82) is 0 Å². The van der Waals surface area contributed by atoms with E-state index in [2.05, 4.69) is 99.1 Å². The highest BCUT2D eigenvalue weighted by atomic mass is 79.9. The van der Waals surface area contributed by atoms with Crippen LogP contribution in [0.5, 0.6) is 0 Å². The van der Waals surface area contributed by atoms with E-state index in [9.17, 15) is 4.57 Å². The second-order valence-electron chi connectivity index (χ2n) is 7.21. The number of nitrogens with zero attached hydrogens (tertiary/aromatic N) is 1. The first kappa shape index (κ1) is 23.7. The van der Waals surface area contributed by atoms with Gasteiger partial charge in [0, 0.05) is 21.9 Å². The monoisotopic (exact) mass is 526 g/mol. The SMILES string of the molecule is CCCCN(CCC[PH+]=O)C(CCC)(c1ccc(Br)cc1)c1ccc(Br)cc1. The van der Waals surface area contributed by atoms with Crippen molar-refractivity contribution in [3.63, 3.8) is 0 Å². The van der Waals surface area contributed by atoms with Gasteiger partial charge in [-0.3, -0.25) is 4.90 Å². The van der Waals surface area contributed by atoms with Gasteiger partial charge in [0.2, 0.25) is 0 Å². The molecule has 0 heterocycles. The topological polar surface area (TPSA) is 20.3 Å². The zero-order valence-corrected chi connectivity index (χ0v) is 21.1. The summed E-state index contributed by atoms with van der Waals surface area (Å²) in [5, 5.41) is 0. The molecule has 28 heavy (non-hydrogen) atoms. The Bertz CT molecular complexity index is 673. The van der Waals surface area contributed by atoms with Crippen LogP contribution in [0.1, 0.15) is 57.1 Å². The highest BCUT2D eigenvalue weighted by molar-refractivity contribution is 9.10. The number of rotatable bonds is 12. The molecule has 0 bridgehead atoms. The fraction of sp³-hybridized carbons (Fsp3) is 0.478. The maximum absolute atomic E-state index is 11.1. The molecule has 1 atom stereocenters. The second kappa shape index (κ2) is 12.2. The van der Waals surface area contributed by atoms with E-state index < -0.39 is 0 Å². The van der Waals surface area contributed by atoms with Gasteiger partial charge in [-0.05, 0) is 54.8 Å². The Kier molecular flexibility index (Phi) is 10.4. The van der Waals surface area contributed by atoms with Crippen molar-refractivity contribution in [2.45, 2.75) is 51.5 Å². The van der Waals surface area contributed by atoms with Gasteiger partial charge in [0.05, 0.1) is 5.54 Å². The van der Waals surface area contributed by atoms with Crippen LogP contribution in [-0.4, -0.2) is 24.2 Å². The summed E-state index contributed by atoms with van der Waals surface area (Å²) in [7, 11) is -0.215. The summed E-state index contributed by atoms with van der Waals surface area (Å²) in [4.78, 5) is 2.65. The van der Waals surface area contributed by atoms with Crippen LogP contribution < -0.4 is 0 Å². The lowest BCUT2D eigenvalue weighted by Crippen LogP contribution is -2.48. The van der Waals surface area contributed by atoms with Crippen molar-refractivity contribution >= 4 is 40.3 Å². The second-order valence-corrected chi connectivity index (χ2v) is 9.83. The van der Waals surface area contributed by atoms with Crippen LogP contribution in [0.15, 0.2) is 57.5 Å². The Hall–Kier alpha value is -0.540. The molecule has 1 unspecified atom stereocenters. The van der Waals surface area contributed by atoms with Crippen molar-refractivity contribution in [2.75, 3.05) is 19.3 Å². The zero-order chi connectivity index (χ0) is 20.4. The smallest absolute Gasteiger partial charge is 0.290 e. The maximum atomic E-state index is 11.1. The fourth-order valence-corrected chi connectivity index (χ4v) is 4.81. The first-order chi connectivity index (χ1) is 13.6. The third kappa shape index (κ3) is 5.98. The van der Waals surface area contributed by atoms with E-state index in [1.165, 1.54) is 17.5 Å². The number of hydrogen-bond donors (Lipinski definition) is 0. The number of halogens is 2. The molecule has 0 aliphatic carbocycles. The highest BCUT2D eigenvalue weighted by Gasteiger charge is 2.39. The van der Waals surface area contributed by atoms with Crippen LogP contribution in [0.4, 0.5) is 0 Å². The van der Waals surface area contributed by atoms with E-state index in [0.717, 1.165) is 53.9 Å². The van der Waals surface area contributed by atoms with Crippen LogP contribution in [0.2, 0.25) is 0 Å². The predicted octanol–water partition coefficient (Wildman–Crippen LogP) is 7.77. The molecule has 2 rings (SSSR count). The van der Waals surface area contributed by atoms with Crippen molar-refractivity contribution in [1.82, 2.24) is 4.90 Å². The summed E-state index contributed by atoms with van der Waals surface area (Å²) in [6, 6.07) is 17.6. The Morgan fingerprint density at radius 1 is 0.821 bits per heavy atom. The van der Waals surface area contributed by atoms with Gasteiger partial charge in [-0.1, -0.05) is 87.4 Å². The quantitative estimate of drug-likeness (QED) is 0.207. The molecule has 152 valence electrons. The maximum Gasteiger partial charge on any atom is 0.324 e. The molecule has 2 aromatic carbocycles. The lowest BCUT2D eigenvalue weighted by molar-refractivity contribution is 0.109. The summed E-state index contributed by atoms with van der Waals surface area (Å²) in [6.07, 6.45) is 6.22. The summed E-state index contributed by atoms with van der Waals surface area (Å²) < 4.78 is 13.3. The molecule has 0 aliphatic heterocycles. The first-order valence-electron chi connectivity index (χ1n) is 10.2. The average Bonchev–Trinajstić information content (AvgIpc) is 2.70. The standard InChI is InChI=1S/C23H30Br2NOP/c1-3-5-16-26(17-6-18-28-27)23(15-4-2,19-7-11-21(24)12-8-19)20-9-13-22(25)14-10-20/h7-14H,3-6,15-18H2,1-2H3/p+1. The van der Waals surface area contributed by atoms with Gasteiger partial charge in [0.25, 0.3) is 0 Å². The summed E-state index contributed by atoms with van der Waals surface area (Å²) in [5.41, 5.74) is 2.50. The molecule has 0 radical (unpaired) electrons. The van der Waals surface area contributed by atoms with Gasteiger partial charge in [-0.15, -0.1) is 0 Å². The van der Waals surface area contributed by atoms with Gasteiger partial charge in [-0.25, -0.2) is 0 Å². The van der Waals surface area contributed by atoms with E-state index >= 15 is 0 Å². The molecular formula is C23H31Br2NOP+. The Morgan fingerprint density at radius 3 is 1.75 bits per heavy atom. The Balaban J connectivity index is 2.62. The largest absolute Gasteiger partial charge is 0.324 e. The summed E-state index contributed by atoms with van der Waals surface area (Å²) in [6.45, 7) is 6.52. The lowest BCUT2D eigenvalue weighted by atomic mass is 9.77. The zero-order valence-electron chi connectivity index (χ0n) is 16.9. The third-order valence-electron chi connectivity index (χ3n) is 5.28. The molecule has 2 nitrogen and oxygen atoms in total. The van der Waals surface area contributed by atoms with E-state index in [1.54, 1.807) is 0 Å². The summed E-state index contributed by atoms with van der Waals surface area (Å²) >= 11 is 7.19. The normalized spacial score (nSPS) is 12.0. The van der Waals surface area contributed by atoms with E-state index in [1.807, 2.05) is 0 Å². The average molecular weight is 528 g/mol. The van der Waals surface area contributed by atoms with Gasteiger partial charge in [0.15, 0.2) is 0 Å². The van der Waals surface area contributed by atoms with Gasteiger partial charge in [-0.2, -0.15) is 0 Å². The van der Waals surface area contributed by atoms with Crippen molar-refractivity contribution < 1.29 is 4.57 Å². The van der Waals surface area contributed by atoms with Gasteiger partial charge >= 0.3 is 8.46 Å². The van der Waals surface area contributed by atoms with Gasteiger partial charge in [0.1, 0.15) is 6.16 Å². The molecule has 5 heteroatoms. The minimum absolute atomic E-state index is 0.169. The van der Waals surface area contributed by atoms with Crippen LogP contribution >= 0.6 is 40.3 Å². The van der Waals surface area contributed by atoms with E-state index in [0.29, 0.717) is 0 Å². The minimum atomic E-state index is -0.215. The van der Waals surface area contributed by atoms with E-state index in [-0.39, 0.29) is 14.0 Å². The molecule has 0 amide bonds. The number of benzene rings is 2. The molecular weight excluding hydrogens is 497 g/mol. The predicted molar refractivity (Wildman–Crippen MR) is 129 cm³/mol. The molecule has 0 aromatic heterocycles. The molecule has 0 saturated carbocycles. The molecule has 0 spiro atoms. The number of hydrogen-bond acceptors (Lipinski definition) is 2. The Morgan fingerprint density at radius 2 is 1.32 bits per heavy atom.